The maximum Gasteiger partial charge on any atom is 0.389 e. The summed E-state index contributed by atoms with van der Waals surface area (Å²) in [7, 11) is 0. The molecule has 0 aromatic rings. The first-order valence-electron chi connectivity index (χ1n) is 5.18. The number of carbonyl (C=O) groups is 2. The lowest BCUT2D eigenvalue weighted by atomic mass is 10.2. The van der Waals surface area contributed by atoms with E-state index in [2.05, 4.69) is 0 Å². The molecule has 0 bridgehead atoms. The van der Waals surface area contributed by atoms with Gasteiger partial charge in [0.2, 0.25) is 5.91 Å². The molecule has 0 atom stereocenters. The summed E-state index contributed by atoms with van der Waals surface area (Å²) < 4.78 is 35.8. The lowest BCUT2D eigenvalue weighted by molar-refractivity contribution is -0.152. The average Bonchev–Trinajstić information content (AvgIpc) is 2.10. The smallest absolute Gasteiger partial charge is 0.389 e. The zero-order valence-electron chi connectivity index (χ0n) is 9.75. The van der Waals surface area contributed by atoms with Crippen LogP contribution in [0.2, 0.25) is 0 Å². The predicted molar refractivity (Wildman–Crippen MR) is 54.3 cm³/mol. The van der Waals surface area contributed by atoms with E-state index in [0.29, 0.717) is 0 Å². The van der Waals surface area contributed by atoms with Gasteiger partial charge in [0, 0.05) is 13.0 Å². The molecular formula is C10H16F3NO3. The average molecular weight is 255 g/mol. The van der Waals surface area contributed by atoms with Crippen molar-refractivity contribution < 1.29 is 27.9 Å². The van der Waals surface area contributed by atoms with Crippen LogP contribution in [0.25, 0.3) is 0 Å². The molecule has 0 rings (SSSR count). The Bertz CT molecular complexity index is 276. The second-order valence-electron chi connectivity index (χ2n) is 4.18. The van der Waals surface area contributed by atoms with Crippen LogP contribution in [0, 0.1) is 5.92 Å². The van der Waals surface area contributed by atoms with Gasteiger partial charge in [-0.15, -0.1) is 0 Å². The molecular weight excluding hydrogens is 239 g/mol. The molecule has 17 heavy (non-hydrogen) atoms. The molecule has 0 aromatic heterocycles. The topological polar surface area (TPSA) is 57.6 Å². The zero-order valence-corrected chi connectivity index (χ0v) is 9.75. The van der Waals surface area contributed by atoms with Crippen LogP contribution in [0.15, 0.2) is 0 Å². The van der Waals surface area contributed by atoms with Gasteiger partial charge in [-0.2, -0.15) is 13.2 Å². The number of nitrogens with zero attached hydrogens (tertiary/aromatic N) is 1. The van der Waals surface area contributed by atoms with E-state index in [4.69, 9.17) is 5.11 Å². The van der Waals surface area contributed by atoms with Crippen molar-refractivity contribution in [2.75, 3.05) is 13.1 Å². The molecule has 0 radical (unpaired) electrons. The predicted octanol–water partition coefficient (Wildman–Crippen LogP) is 1.90. The molecule has 0 heterocycles. The van der Waals surface area contributed by atoms with Gasteiger partial charge in [-0.1, -0.05) is 13.8 Å². The van der Waals surface area contributed by atoms with E-state index in [1.165, 1.54) is 0 Å². The standard InChI is InChI=1S/C10H16F3NO3/c1-7(2)5-14(6-9(16)17)8(15)3-4-10(11,12)13/h7H,3-6H2,1-2H3,(H,16,17). The van der Waals surface area contributed by atoms with Crippen LogP contribution in [0.3, 0.4) is 0 Å². The Morgan fingerprint density at radius 1 is 1.29 bits per heavy atom. The summed E-state index contributed by atoms with van der Waals surface area (Å²) in [6.07, 6.45) is -6.33. The Morgan fingerprint density at radius 3 is 2.18 bits per heavy atom. The summed E-state index contributed by atoms with van der Waals surface area (Å²) in [5.41, 5.74) is 0. The number of rotatable bonds is 6. The molecule has 100 valence electrons. The number of hydrogen-bond donors (Lipinski definition) is 1. The monoisotopic (exact) mass is 255 g/mol. The number of carboxylic acid groups (broad SMARTS) is 1. The van der Waals surface area contributed by atoms with Crippen LogP contribution in [0.4, 0.5) is 13.2 Å². The molecule has 0 aliphatic heterocycles. The van der Waals surface area contributed by atoms with Crippen molar-refractivity contribution in [3.05, 3.63) is 0 Å². The largest absolute Gasteiger partial charge is 0.480 e. The van der Waals surface area contributed by atoms with Crippen LogP contribution < -0.4 is 0 Å². The quantitative estimate of drug-likeness (QED) is 0.788. The normalized spacial score (nSPS) is 11.6. The fourth-order valence-corrected chi connectivity index (χ4v) is 1.27. The molecule has 0 aliphatic rings. The van der Waals surface area contributed by atoms with E-state index >= 15 is 0 Å². The molecule has 1 amide bonds. The number of aliphatic carboxylic acids is 1. The summed E-state index contributed by atoms with van der Waals surface area (Å²) in [5, 5.41) is 8.56. The van der Waals surface area contributed by atoms with E-state index in [9.17, 15) is 22.8 Å². The maximum atomic E-state index is 11.9. The third-order valence-electron chi connectivity index (χ3n) is 1.89. The molecule has 0 fully saturated rings. The van der Waals surface area contributed by atoms with E-state index in [-0.39, 0.29) is 12.5 Å². The summed E-state index contributed by atoms with van der Waals surface area (Å²) >= 11 is 0. The van der Waals surface area contributed by atoms with Gasteiger partial charge >= 0.3 is 12.1 Å². The summed E-state index contributed by atoms with van der Waals surface area (Å²) in [4.78, 5) is 22.8. The van der Waals surface area contributed by atoms with Crippen molar-refractivity contribution in [1.29, 1.82) is 0 Å². The van der Waals surface area contributed by atoms with Gasteiger partial charge in [-0.25, -0.2) is 0 Å². The third-order valence-corrected chi connectivity index (χ3v) is 1.89. The lowest BCUT2D eigenvalue weighted by Gasteiger charge is -2.23. The molecule has 0 aromatic carbocycles. The van der Waals surface area contributed by atoms with Crippen molar-refractivity contribution >= 4 is 11.9 Å². The van der Waals surface area contributed by atoms with E-state index in [1.54, 1.807) is 13.8 Å². The molecule has 4 nitrogen and oxygen atoms in total. The van der Waals surface area contributed by atoms with Crippen molar-refractivity contribution in [3.63, 3.8) is 0 Å². The van der Waals surface area contributed by atoms with Crippen molar-refractivity contribution in [2.45, 2.75) is 32.9 Å². The molecule has 0 spiro atoms. The first kappa shape index (κ1) is 15.7. The van der Waals surface area contributed by atoms with Gasteiger partial charge in [-0.3, -0.25) is 9.59 Å². The van der Waals surface area contributed by atoms with Crippen molar-refractivity contribution in [2.24, 2.45) is 5.92 Å². The minimum atomic E-state index is -4.40. The number of halogens is 3. The van der Waals surface area contributed by atoms with Crippen LogP contribution >= 0.6 is 0 Å². The first-order valence-corrected chi connectivity index (χ1v) is 5.18. The second kappa shape index (κ2) is 6.46. The van der Waals surface area contributed by atoms with Crippen molar-refractivity contribution in [3.8, 4) is 0 Å². The van der Waals surface area contributed by atoms with Gasteiger partial charge in [0.1, 0.15) is 6.54 Å². The van der Waals surface area contributed by atoms with Gasteiger partial charge < -0.3 is 10.0 Å². The lowest BCUT2D eigenvalue weighted by Crippen LogP contribution is -2.38. The van der Waals surface area contributed by atoms with Gasteiger partial charge in [0.05, 0.1) is 6.42 Å². The molecule has 7 heteroatoms. The van der Waals surface area contributed by atoms with Crippen LogP contribution in [-0.4, -0.2) is 41.1 Å². The minimum Gasteiger partial charge on any atom is -0.480 e. The fourth-order valence-electron chi connectivity index (χ4n) is 1.27. The van der Waals surface area contributed by atoms with E-state index in [1.807, 2.05) is 0 Å². The van der Waals surface area contributed by atoms with Crippen LogP contribution in [0.1, 0.15) is 26.7 Å². The molecule has 0 saturated carbocycles. The van der Waals surface area contributed by atoms with Gasteiger partial charge in [-0.05, 0) is 5.92 Å². The Hall–Kier alpha value is -1.27. The number of hydrogen-bond acceptors (Lipinski definition) is 2. The number of carbonyl (C=O) groups excluding carboxylic acids is 1. The second-order valence-corrected chi connectivity index (χ2v) is 4.18. The SMILES string of the molecule is CC(C)CN(CC(=O)O)C(=O)CCC(F)(F)F. The highest BCUT2D eigenvalue weighted by Crippen LogP contribution is 2.21. The van der Waals surface area contributed by atoms with Gasteiger partial charge in [0.25, 0.3) is 0 Å². The van der Waals surface area contributed by atoms with E-state index < -0.39 is 37.4 Å². The van der Waals surface area contributed by atoms with Crippen molar-refractivity contribution in [1.82, 2.24) is 4.90 Å². The highest BCUT2D eigenvalue weighted by molar-refractivity contribution is 5.81. The Morgan fingerprint density at radius 2 is 1.82 bits per heavy atom. The van der Waals surface area contributed by atoms with Crippen LogP contribution in [-0.2, 0) is 9.59 Å². The molecule has 1 N–H and O–H groups in total. The van der Waals surface area contributed by atoms with E-state index in [0.717, 1.165) is 4.90 Å². The molecule has 0 saturated heterocycles. The maximum absolute atomic E-state index is 11.9. The number of carboxylic acids is 1. The zero-order chi connectivity index (χ0) is 13.6. The summed E-state index contributed by atoms with van der Waals surface area (Å²) in [6.45, 7) is 3.09. The minimum absolute atomic E-state index is 0.00388. The third kappa shape index (κ3) is 8.53. The fraction of sp³-hybridized carbons (Fsp3) is 0.800. The van der Waals surface area contributed by atoms with Gasteiger partial charge in [0.15, 0.2) is 0 Å². The Labute approximate surface area is 97.4 Å². The molecule has 0 unspecified atom stereocenters. The summed E-state index contributed by atoms with van der Waals surface area (Å²) in [5.74, 6) is -2.01. The first-order chi connectivity index (χ1) is 7.61. The molecule has 0 aliphatic carbocycles. The Kier molecular flexibility index (Phi) is 5.98. The highest BCUT2D eigenvalue weighted by Gasteiger charge is 2.29. The summed E-state index contributed by atoms with van der Waals surface area (Å²) in [6, 6.07) is 0. The highest BCUT2D eigenvalue weighted by atomic mass is 19.4. The Balaban J connectivity index is 4.37. The number of alkyl halides is 3. The number of amides is 1. The van der Waals surface area contributed by atoms with Crippen LogP contribution in [0.5, 0.6) is 0 Å².